The Hall–Kier alpha value is -1.69. The first-order valence-corrected chi connectivity index (χ1v) is 10.1. The molecule has 136 valence electrons. The Bertz CT molecular complexity index is 923. The highest BCUT2D eigenvalue weighted by Crippen LogP contribution is 2.31. The summed E-state index contributed by atoms with van der Waals surface area (Å²) in [6.45, 7) is 9.61. The van der Waals surface area contributed by atoms with E-state index in [9.17, 15) is 0 Å². The Morgan fingerprint density at radius 1 is 1.15 bits per heavy atom. The highest BCUT2D eigenvalue weighted by atomic mass is 79.9. The number of aromatic nitrogens is 2. The quantitative estimate of drug-likeness (QED) is 0.700. The van der Waals surface area contributed by atoms with Crippen LogP contribution >= 0.6 is 15.9 Å². The number of hydrogen-bond donors (Lipinski definition) is 1. The molecule has 3 heterocycles. The molecule has 0 aliphatic carbocycles. The summed E-state index contributed by atoms with van der Waals surface area (Å²) < 4.78 is 3.28. The van der Waals surface area contributed by atoms with Crippen LogP contribution in [0, 0.1) is 13.8 Å². The second kappa shape index (κ2) is 7.51. The molecule has 0 unspecified atom stereocenters. The lowest BCUT2D eigenvalue weighted by molar-refractivity contribution is 0.281. The number of nitrogens with zero attached hydrogens (tertiary/aromatic N) is 3. The van der Waals surface area contributed by atoms with Gasteiger partial charge in [-0.2, -0.15) is 0 Å². The number of hydrogen-bond acceptors (Lipinski definition) is 3. The van der Waals surface area contributed by atoms with Crippen molar-refractivity contribution in [2.75, 3.05) is 26.2 Å². The van der Waals surface area contributed by atoms with Gasteiger partial charge < -0.3 is 9.72 Å². The summed E-state index contributed by atoms with van der Waals surface area (Å²) >= 11 is 3.68. The standard InChI is InChI=1S/C21H25BrN4/c1-15-6-7-17(16(2)13-15)20-19(14-25-10-4-8-23-9-12-25)26-11-3-5-18(22)21(26)24-20/h3,5-7,11,13,23H,4,8-10,12,14H2,1-2H3. The Morgan fingerprint density at radius 2 is 2.04 bits per heavy atom. The topological polar surface area (TPSA) is 32.6 Å². The first-order valence-electron chi connectivity index (χ1n) is 9.29. The largest absolute Gasteiger partial charge is 0.315 e. The maximum atomic E-state index is 5.04. The molecule has 1 aromatic carbocycles. The molecule has 1 aliphatic rings. The van der Waals surface area contributed by atoms with E-state index in [2.05, 4.69) is 80.9 Å². The van der Waals surface area contributed by atoms with Crippen molar-refractivity contribution in [2.24, 2.45) is 0 Å². The molecular weight excluding hydrogens is 388 g/mol. The first-order chi connectivity index (χ1) is 12.6. The SMILES string of the molecule is Cc1ccc(-c2nc3c(Br)cccn3c2CN2CCCNCC2)c(C)c1. The first kappa shape index (κ1) is 17.7. The van der Waals surface area contributed by atoms with E-state index in [4.69, 9.17) is 4.98 Å². The van der Waals surface area contributed by atoms with E-state index in [0.29, 0.717) is 0 Å². The molecule has 0 bridgehead atoms. The van der Waals surface area contributed by atoms with Crippen molar-refractivity contribution in [1.29, 1.82) is 0 Å². The van der Waals surface area contributed by atoms with Gasteiger partial charge in [-0.25, -0.2) is 4.98 Å². The van der Waals surface area contributed by atoms with Gasteiger partial charge in [-0.15, -0.1) is 0 Å². The van der Waals surface area contributed by atoms with Crippen LogP contribution in [0.1, 0.15) is 23.2 Å². The molecule has 1 N–H and O–H groups in total. The summed E-state index contributed by atoms with van der Waals surface area (Å²) in [5.74, 6) is 0. The van der Waals surface area contributed by atoms with Crippen molar-refractivity contribution in [3.05, 3.63) is 57.8 Å². The lowest BCUT2D eigenvalue weighted by atomic mass is 10.0. The van der Waals surface area contributed by atoms with E-state index >= 15 is 0 Å². The van der Waals surface area contributed by atoms with Crippen LogP contribution in [0.2, 0.25) is 0 Å². The number of fused-ring (bicyclic) bond motifs is 1. The monoisotopic (exact) mass is 412 g/mol. The smallest absolute Gasteiger partial charge is 0.152 e. The molecule has 1 saturated heterocycles. The predicted octanol–water partition coefficient (Wildman–Crippen LogP) is 4.18. The van der Waals surface area contributed by atoms with Gasteiger partial charge >= 0.3 is 0 Å². The summed E-state index contributed by atoms with van der Waals surface area (Å²) in [5, 5.41) is 3.49. The number of halogens is 1. The third-order valence-corrected chi connectivity index (χ3v) is 5.76. The van der Waals surface area contributed by atoms with Gasteiger partial charge in [0.05, 0.1) is 15.9 Å². The predicted molar refractivity (Wildman–Crippen MR) is 111 cm³/mol. The van der Waals surface area contributed by atoms with E-state index in [1.807, 2.05) is 0 Å². The number of rotatable bonds is 3. The van der Waals surface area contributed by atoms with Crippen LogP contribution in [-0.2, 0) is 6.54 Å². The van der Waals surface area contributed by atoms with Crippen LogP contribution in [0.25, 0.3) is 16.9 Å². The molecule has 4 rings (SSSR count). The second-order valence-electron chi connectivity index (χ2n) is 7.15. The summed E-state index contributed by atoms with van der Waals surface area (Å²) in [5.41, 5.74) is 7.17. The van der Waals surface area contributed by atoms with Crippen LogP contribution in [0.3, 0.4) is 0 Å². The van der Waals surface area contributed by atoms with Crippen molar-refractivity contribution in [3.8, 4) is 11.3 Å². The number of pyridine rings is 1. The lowest BCUT2D eigenvalue weighted by Gasteiger charge is -2.20. The van der Waals surface area contributed by atoms with Crippen LogP contribution in [0.15, 0.2) is 41.0 Å². The normalized spacial score (nSPS) is 16.1. The molecule has 1 fully saturated rings. The molecule has 26 heavy (non-hydrogen) atoms. The molecule has 4 nitrogen and oxygen atoms in total. The minimum Gasteiger partial charge on any atom is -0.315 e. The average Bonchev–Trinajstić information content (AvgIpc) is 2.79. The maximum Gasteiger partial charge on any atom is 0.152 e. The van der Waals surface area contributed by atoms with E-state index < -0.39 is 0 Å². The van der Waals surface area contributed by atoms with Gasteiger partial charge in [-0.05, 0) is 67.0 Å². The van der Waals surface area contributed by atoms with Crippen molar-refractivity contribution >= 4 is 21.6 Å². The highest BCUT2D eigenvalue weighted by molar-refractivity contribution is 9.10. The zero-order chi connectivity index (χ0) is 18.1. The molecule has 1 aliphatic heterocycles. The van der Waals surface area contributed by atoms with Gasteiger partial charge in [0.25, 0.3) is 0 Å². The van der Waals surface area contributed by atoms with E-state index in [-0.39, 0.29) is 0 Å². The van der Waals surface area contributed by atoms with Crippen LogP contribution in [0.4, 0.5) is 0 Å². The van der Waals surface area contributed by atoms with Gasteiger partial charge in [0.1, 0.15) is 0 Å². The average molecular weight is 413 g/mol. The van der Waals surface area contributed by atoms with Crippen LogP contribution in [-0.4, -0.2) is 40.5 Å². The Morgan fingerprint density at radius 3 is 2.88 bits per heavy atom. The molecule has 5 heteroatoms. The van der Waals surface area contributed by atoms with Crippen molar-refractivity contribution in [1.82, 2.24) is 19.6 Å². The van der Waals surface area contributed by atoms with Gasteiger partial charge in [0, 0.05) is 31.4 Å². The second-order valence-corrected chi connectivity index (χ2v) is 8.01. The minimum absolute atomic E-state index is 0.919. The van der Waals surface area contributed by atoms with E-state index in [1.165, 1.54) is 28.8 Å². The van der Waals surface area contributed by atoms with Crippen molar-refractivity contribution in [2.45, 2.75) is 26.8 Å². The molecule has 0 amide bonds. The Balaban J connectivity index is 1.84. The van der Waals surface area contributed by atoms with Crippen molar-refractivity contribution < 1.29 is 0 Å². The molecular formula is C21H25BrN4. The molecule has 0 atom stereocenters. The summed E-state index contributed by atoms with van der Waals surface area (Å²) in [4.78, 5) is 7.57. The summed E-state index contributed by atoms with van der Waals surface area (Å²) in [6, 6.07) is 10.8. The maximum absolute atomic E-state index is 5.04. The Kier molecular flexibility index (Phi) is 5.11. The molecule has 3 aromatic rings. The Labute approximate surface area is 163 Å². The molecule has 2 aromatic heterocycles. The van der Waals surface area contributed by atoms with Gasteiger partial charge in [-0.1, -0.05) is 23.8 Å². The van der Waals surface area contributed by atoms with Crippen LogP contribution in [0.5, 0.6) is 0 Å². The fourth-order valence-electron chi connectivity index (χ4n) is 3.80. The summed E-state index contributed by atoms with van der Waals surface area (Å²) in [6.07, 6.45) is 3.32. The molecule has 0 spiro atoms. The minimum atomic E-state index is 0.919. The van der Waals surface area contributed by atoms with E-state index in [0.717, 1.165) is 48.5 Å². The molecule has 0 saturated carbocycles. The number of nitrogens with one attached hydrogen (secondary N) is 1. The van der Waals surface area contributed by atoms with Gasteiger partial charge in [-0.3, -0.25) is 4.90 Å². The fraction of sp³-hybridized carbons (Fsp3) is 0.381. The number of aryl methyl sites for hydroxylation is 2. The lowest BCUT2D eigenvalue weighted by Crippen LogP contribution is -2.28. The summed E-state index contributed by atoms with van der Waals surface area (Å²) in [7, 11) is 0. The van der Waals surface area contributed by atoms with E-state index in [1.54, 1.807) is 0 Å². The van der Waals surface area contributed by atoms with Gasteiger partial charge in [0.15, 0.2) is 5.65 Å². The van der Waals surface area contributed by atoms with Crippen LogP contribution < -0.4 is 5.32 Å². The zero-order valence-corrected chi connectivity index (χ0v) is 17.0. The third-order valence-electron chi connectivity index (χ3n) is 5.14. The zero-order valence-electron chi connectivity index (χ0n) is 15.4. The van der Waals surface area contributed by atoms with Crippen molar-refractivity contribution in [3.63, 3.8) is 0 Å². The number of imidazole rings is 1. The number of benzene rings is 1. The van der Waals surface area contributed by atoms with Gasteiger partial charge in [0.2, 0.25) is 0 Å². The highest BCUT2D eigenvalue weighted by Gasteiger charge is 2.20. The molecule has 0 radical (unpaired) electrons. The fourth-order valence-corrected chi connectivity index (χ4v) is 4.23. The third kappa shape index (κ3) is 3.43.